The number of aromatic nitrogens is 4. The Morgan fingerprint density at radius 3 is 3.03 bits per heavy atom. The summed E-state index contributed by atoms with van der Waals surface area (Å²) in [6.45, 7) is 6.48. The van der Waals surface area contributed by atoms with E-state index in [2.05, 4.69) is 20.4 Å². The molecule has 0 aliphatic carbocycles. The predicted molar refractivity (Wildman–Crippen MR) is 109 cm³/mol. The van der Waals surface area contributed by atoms with E-state index in [1.807, 2.05) is 13.8 Å². The second-order valence-corrected chi connectivity index (χ2v) is 7.38. The molecule has 0 saturated carbocycles. The van der Waals surface area contributed by atoms with Crippen molar-refractivity contribution >= 4 is 16.4 Å². The van der Waals surface area contributed by atoms with Gasteiger partial charge < -0.3 is 24.5 Å². The number of halogens is 1. The number of ether oxygens (including phenoxy) is 3. The molecule has 8 nitrogen and oxygen atoms in total. The Bertz CT molecular complexity index is 1210. The average molecular weight is 411 g/mol. The molecule has 1 aliphatic heterocycles. The molecule has 4 heterocycles. The molecule has 1 aliphatic rings. The van der Waals surface area contributed by atoms with Crippen LogP contribution in [0.5, 0.6) is 17.4 Å². The molecule has 3 aromatic heterocycles. The fourth-order valence-corrected chi connectivity index (χ4v) is 3.71. The summed E-state index contributed by atoms with van der Waals surface area (Å²) in [5.74, 6) is 0.591. The average Bonchev–Trinajstić information content (AvgIpc) is 3.30. The van der Waals surface area contributed by atoms with E-state index in [4.69, 9.17) is 14.2 Å². The zero-order chi connectivity index (χ0) is 20.7. The third kappa shape index (κ3) is 3.35. The van der Waals surface area contributed by atoms with Crippen molar-refractivity contribution in [3.8, 4) is 17.4 Å². The first-order valence-electron chi connectivity index (χ1n) is 9.84. The molecule has 1 aromatic carbocycles. The molecule has 156 valence electrons. The first kappa shape index (κ1) is 18.8. The second kappa shape index (κ2) is 7.58. The number of aromatic amines is 1. The summed E-state index contributed by atoms with van der Waals surface area (Å²) in [4.78, 5) is 7.35. The molecular formula is C21H22FN5O3. The Hall–Kier alpha value is -3.17. The highest BCUT2D eigenvalue weighted by Gasteiger charge is 2.20. The summed E-state index contributed by atoms with van der Waals surface area (Å²) < 4.78 is 34.1. The van der Waals surface area contributed by atoms with Crippen molar-refractivity contribution in [3.05, 3.63) is 47.8 Å². The van der Waals surface area contributed by atoms with Crippen molar-refractivity contribution in [1.82, 2.24) is 24.9 Å². The van der Waals surface area contributed by atoms with E-state index in [9.17, 15) is 4.39 Å². The lowest BCUT2D eigenvalue weighted by Gasteiger charge is -2.23. The molecule has 1 saturated heterocycles. The molecule has 1 fully saturated rings. The van der Waals surface area contributed by atoms with E-state index in [1.54, 1.807) is 28.9 Å². The third-order valence-corrected chi connectivity index (χ3v) is 5.22. The smallest absolute Gasteiger partial charge is 0.247 e. The minimum Gasteiger partial charge on any atom is -0.489 e. The number of hydrogen-bond donors (Lipinski definition) is 2. The van der Waals surface area contributed by atoms with Gasteiger partial charge in [-0.2, -0.15) is 10.1 Å². The van der Waals surface area contributed by atoms with Crippen molar-refractivity contribution < 1.29 is 18.6 Å². The Balaban J connectivity index is 1.45. The van der Waals surface area contributed by atoms with Crippen molar-refractivity contribution in [1.29, 1.82) is 0 Å². The molecule has 5 rings (SSSR count). The van der Waals surface area contributed by atoms with Gasteiger partial charge in [0.15, 0.2) is 11.6 Å². The van der Waals surface area contributed by atoms with Gasteiger partial charge in [0.1, 0.15) is 30.3 Å². The van der Waals surface area contributed by atoms with Gasteiger partial charge in [0.2, 0.25) is 5.88 Å². The number of rotatable bonds is 5. The molecule has 30 heavy (non-hydrogen) atoms. The standard InChI is InChI=1S/C21H22FN5O3/c1-12-7-15-16(26-12)3-4-17(19(15)22)30-21-20-13(2)18(9-27(20)25-11-24-21)29-10-14-8-23-5-6-28-14/h3-4,7,9,11,14,23,26H,5-6,8,10H2,1-2H3. The van der Waals surface area contributed by atoms with Crippen LogP contribution in [0.25, 0.3) is 16.4 Å². The highest BCUT2D eigenvalue weighted by molar-refractivity contribution is 5.83. The number of hydrogen-bond acceptors (Lipinski definition) is 6. The minimum atomic E-state index is -0.434. The van der Waals surface area contributed by atoms with E-state index in [0.717, 1.165) is 29.9 Å². The largest absolute Gasteiger partial charge is 0.489 e. The van der Waals surface area contributed by atoms with Gasteiger partial charge in [-0.05, 0) is 32.0 Å². The van der Waals surface area contributed by atoms with Crippen LogP contribution in [0.3, 0.4) is 0 Å². The molecule has 4 aromatic rings. The van der Waals surface area contributed by atoms with Gasteiger partial charge in [-0.15, -0.1) is 0 Å². The summed E-state index contributed by atoms with van der Waals surface area (Å²) >= 11 is 0. The minimum absolute atomic E-state index is 0.00593. The van der Waals surface area contributed by atoms with Gasteiger partial charge in [-0.1, -0.05) is 0 Å². The third-order valence-electron chi connectivity index (χ3n) is 5.22. The normalized spacial score (nSPS) is 17.0. The van der Waals surface area contributed by atoms with Gasteiger partial charge >= 0.3 is 0 Å². The van der Waals surface area contributed by atoms with Crippen molar-refractivity contribution in [2.45, 2.75) is 20.0 Å². The number of benzene rings is 1. The molecular weight excluding hydrogens is 389 g/mol. The Morgan fingerprint density at radius 2 is 2.20 bits per heavy atom. The van der Waals surface area contributed by atoms with Gasteiger partial charge in [0.05, 0.1) is 12.8 Å². The van der Waals surface area contributed by atoms with E-state index in [1.165, 1.54) is 6.33 Å². The molecule has 0 amide bonds. The number of fused-ring (bicyclic) bond motifs is 2. The predicted octanol–water partition coefficient (Wildman–Crippen LogP) is 3.13. The maximum atomic E-state index is 15.0. The Morgan fingerprint density at radius 1 is 1.30 bits per heavy atom. The summed E-state index contributed by atoms with van der Waals surface area (Å²) in [5.41, 5.74) is 3.04. The highest BCUT2D eigenvalue weighted by atomic mass is 19.1. The molecule has 0 spiro atoms. The lowest BCUT2D eigenvalue weighted by Crippen LogP contribution is -2.41. The van der Waals surface area contributed by atoms with Crippen LogP contribution in [-0.4, -0.2) is 52.0 Å². The number of nitrogens with zero attached hydrogens (tertiary/aromatic N) is 3. The zero-order valence-corrected chi connectivity index (χ0v) is 16.7. The van der Waals surface area contributed by atoms with Gasteiger partial charge in [0, 0.05) is 35.2 Å². The molecule has 1 unspecified atom stereocenters. The highest BCUT2D eigenvalue weighted by Crippen LogP contribution is 2.34. The number of H-pyrrole nitrogens is 1. The van der Waals surface area contributed by atoms with E-state index < -0.39 is 5.82 Å². The number of aryl methyl sites for hydroxylation is 2. The van der Waals surface area contributed by atoms with Crippen LogP contribution in [0.2, 0.25) is 0 Å². The van der Waals surface area contributed by atoms with Gasteiger partial charge in [0.25, 0.3) is 0 Å². The fraction of sp³-hybridized carbons (Fsp3) is 0.333. The van der Waals surface area contributed by atoms with Crippen molar-refractivity contribution in [2.75, 3.05) is 26.3 Å². The lowest BCUT2D eigenvalue weighted by molar-refractivity contribution is 0.0000927. The molecule has 1 atom stereocenters. The molecule has 0 bridgehead atoms. The zero-order valence-electron chi connectivity index (χ0n) is 16.7. The topological polar surface area (TPSA) is 85.7 Å². The fourth-order valence-electron chi connectivity index (χ4n) is 3.71. The van der Waals surface area contributed by atoms with Crippen LogP contribution >= 0.6 is 0 Å². The molecule has 9 heteroatoms. The summed E-state index contributed by atoms with van der Waals surface area (Å²) in [5, 5.41) is 8.00. The summed E-state index contributed by atoms with van der Waals surface area (Å²) in [6, 6.07) is 5.13. The SMILES string of the molecule is Cc1cc2c(F)c(Oc3ncnn4cc(OCC5CNCCO5)c(C)c34)ccc2[nH]1. The molecule has 2 N–H and O–H groups in total. The van der Waals surface area contributed by atoms with Crippen LogP contribution in [-0.2, 0) is 4.74 Å². The van der Waals surface area contributed by atoms with Gasteiger partial charge in [-0.3, -0.25) is 0 Å². The van der Waals surface area contributed by atoms with Gasteiger partial charge in [-0.25, -0.2) is 8.91 Å². The second-order valence-electron chi connectivity index (χ2n) is 7.38. The van der Waals surface area contributed by atoms with Crippen molar-refractivity contribution in [3.63, 3.8) is 0 Å². The summed E-state index contributed by atoms with van der Waals surface area (Å²) in [7, 11) is 0. The monoisotopic (exact) mass is 411 g/mol. The van der Waals surface area contributed by atoms with Crippen LogP contribution in [0, 0.1) is 19.7 Å². The Kier molecular flexibility index (Phi) is 4.76. The van der Waals surface area contributed by atoms with Crippen LogP contribution < -0.4 is 14.8 Å². The van der Waals surface area contributed by atoms with Crippen LogP contribution in [0.15, 0.2) is 30.7 Å². The maximum absolute atomic E-state index is 15.0. The summed E-state index contributed by atoms with van der Waals surface area (Å²) in [6.07, 6.45) is 3.13. The molecule has 0 radical (unpaired) electrons. The van der Waals surface area contributed by atoms with E-state index in [0.29, 0.717) is 29.9 Å². The lowest BCUT2D eigenvalue weighted by atomic mass is 10.2. The van der Waals surface area contributed by atoms with E-state index >= 15 is 0 Å². The maximum Gasteiger partial charge on any atom is 0.247 e. The van der Waals surface area contributed by atoms with Crippen LogP contribution in [0.4, 0.5) is 4.39 Å². The first-order chi connectivity index (χ1) is 14.6. The van der Waals surface area contributed by atoms with E-state index in [-0.39, 0.29) is 17.7 Å². The van der Waals surface area contributed by atoms with Crippen LogP contribution in [0.1, 0.15) is 11.3 Å². The number of nitrogens with one attached hydrogen (secondary N) is 2. The van der Waals surface area contributed by atoms with Crippen molar-refractivity contribution in [2.24, 2.45) is 0 Å². The number of morpholine rings is 1. The Labute approximate surface area is 172 Å². The quantitative estimate of drug-likeness (QED) is 0.525. The first-order valence-corrected chi connectivity index (χ1v) is 9.84.